The number of ether oxygens (including phenoxy) is 1. The molecular weight excluding hydrogens is 406 g/mol. The highest BCUT2D eigenvalue weighted by atomic mass is 16.5. The lowest BCUT2D eigenvalue weighted by molar-refractivity contribution is 0.0716. The number of piperidine rings is 1. The first kappa shape index (κ1) is 19.4. The van der Waals surface area contributed by atoms with E-state index in [0.29, 0.717) is 48.5 Å². The number of carbonyl (C=O) groups excluding carboxylic acids is 1. The Morgan fingerprint density at radius 1 is 1.09 bits per heavy atom. The zero-order chi connectivity index (χ0) is 21.5. The molecule has 9 heteroatoms. The average Bonchev–Trinajstić information content (AvgIpc) is 3.31. The number of amides is 1. The van der Waals surface area contributed by atoms with Gasteiger partial charge in [0.2, 0.25) is 5.95 Å². The van der Waals surface area contributed by atoms with Crippen LogP contribution in [0.1, 0.15) is 27.2 Å². The van der Waals surface area contributed by atoms with Gasteiger partial charge in [0.15, 0.2) is 0 Å². The minimum Gasteiger partial charge on any atom is -0.375 e. The second-order valence-electron chi connectivity index (χ2n) is 8.99. The molecule has 1 saturated heterocycles. The van der Waals surface area contributed by atoms with E-state index < -0.39 is 0 Å². The zero-order valence-corrected chi connectivity index (χ0v) is 17.6. The number of hydrogen-bond acceptors (Lipinski definition) is 7. The lowest BCUT2D eigenvalue weighted by atomic mass is 10.1. The van der Waals surface area contributed by atoms with Gasteiger partial charge in [-0.2, -0.15) is 15.4 Å². The van der Waals surface area contributed by atoms with Gasteiger partial charge in [-0.3, -0.25) is 4.79 Å². The summed E-state index contributed by atoms with van der Waals surface area (Å²) in [5, 5.41) is 13.7. The fourth-order valence-corrected chi connectivity index (χ4v) is 5.20. The van der Waals surface area contributed by atoms with Crippen molar-refractivity contribution in [2.24, 2.45) is 17.8 Å². The van der Waals surface area contributed by atoms with Gasteiger partial charge in [0.05, 0.1) is 25.0 Å². The van der Waals surface area contributed by atoms with E-state index in [9.17, 15) is 4.79 Å². The number of hydrogen-bond donors (Lipinski definition) is 2. The lowest BCUT2D eigenvalue weighted by Crippen LogP contribution is -2.32. The molecule has 1 saturated carbocycles. The Bertz CT molecular complexity index is 1060. The van der Waals surface area contributed by atoms with E-state index in [2.05, 4.69) is 55.0 Å². The maximum absolute atomic E-state index is 12.9. The summed E-state index contributed by atoms with van der Waals surface area (Å²) >= 11 is 0. The molecule has 2 unspecified atom stereocenters. The quantitative estimate of drug-likeness (QED) is 0.586. The van der Waals surface area contributed by atoms with Gasteiger partial charge in [-0.25, -0.2) is 9.97 Å². The molecule has 2 N–H and O–H groups in total. The molecule has 32 heavy (non-hydrogen) atoms. The van der Waals surface area contributed by atoms with Gasteiger partial charge in [0.25, 0.3) is 5.91 Å². The highest BCUT2D eigenvalue weighted by Crippen LogP contribution is 2.52. The van der Waals surface area contributed by atoms with E-state index in [1.54, 1.807) is 18.6 Å². The predicted molar refractivity (Wildman–Crippen MR) is 116 cm³/mol. The fourth-order valence-electron chi connectivity index (χ4n) is 5.20. The van der Waals surface area contributed by atoms with E-state index in [1.807, 2.05) is 4.90 Å². The van der Waals surface area contributed by atoms with Crippen molar-refractivity contribution in [1.29, 1.82) is 0 Å². The number of benzene rings is 1. The van der Waals surface area contributed by atoms with Crippen molar-refractivity contribution in [3.05, 3.63) is 65.2 Å². The average molecular weight is 432 g/mol. The molecule has 2 aliphatic carbocycles. The van der Waals surface area contributed by atoms with Crippen LogP contribution in [0.15, 0.2) is 42.9 Å². The number of carbonyl (C=O) groups is 1. The zero-order valence-electron chi connectivity index (χ0n) is 17.6. The number of likely N-dealkylation sites (tertiary alicyclic amines) is 1. The number of fused-ring (bicyclic) bond motifs is 2. The Kier molecular flexibility index (Phi) is 4.83. The van der Waals surface area contributed by atoms with E-state index >= 15 is 0 Å². The molecule has 6 rings (SSSR count). The highest BCUT2D eigenvalue weighted by molar-refractivity contribution is 5.94. The molecule has 1 aliphatic heterocycles. The second kappa shape index (κ2) is 7.98. The summed E-state index contributed by atoms with van der Waals surface area (Å²) in [6.07, 6.45) is 6.90. The molecule has 164 valence electrons. The molecular formula is C23H25N7O2. The molecule has 2 fully saturated rings. The number of nitrogens with zero attached hydrogens (tertiary/aromatic N) is 5. The third kappa shape index (κ3) is 3.73. The molecule has 2 atom stereocenters. The van der Waals surface area contributed by atoms with Crippen molar-refractivity contribution in [2.75, 3.05) is 25.0 Å². The molecule has 0 spiro atoms. The maximum atomic E-state index is 12.9. The van der Waals surface area contributed by atoms with Crippen LogP contribution in [0.5, 0.6) is 0 Å². The predicted octanol–water partition coefficient (Wildman–Crippen LogP) is 1.71. The SMILES string of the molecule is O=C(c1cnc(NC2Cc3ccccc3C2)nc1)N1CC2C(COCc3cn[nH]n3)C2C1. The van der Waals surface area contributed by atoms with Crippen LogP contribution in [0, 0.1) is 17.8 Å². The smallest absolute Gasteiger partial charge is 0.257 e. The molecule has 0 bridgehead atoms. The maximum Gasteiger partial charge on any atom is 0.257 e. The Morgan fingerprint density at radius 2 is 1.81 bits per heavy atom. The standard InChI is InChI=1S/C23H25N7O2/c31-22(30-10-19-20(11-30)21(19)13-32-12-18-9-26-29-28-18)16-7-24-23(25-8-16)27-17-5-14-3-1-2-4-15(14)6-17/h1-4,7-9,17,19-21H,5-6,10-13H2,(H,24,25,27)(H,26,28,29). The van der Waals surface area contributed by atoms with Crippen molar-refractivity contribution in [2.45, 2.75) is 25.5 Å². The molecule has 3 heterocycles. The molecule has 9 nitrogen and oxygen atoms in total. The van der Waals surface area contributed by atoms with Gasteiger partial charge < -0.3 is 15.0 Å². The van der Waals surface area contributed by atoms with Crippen molar-refractivity contribution < 1.29 is 9.53 Å². The Labute approximate surface area is 185 Å². The van der Waals surface area contributed by atoms with Crippen molar-refractivity contribution in [3.8, 4) is 0 Å². The summed E-state index contributed by atoms with van der Waals surface area (Å²) in [6, 6.07) is 8.80. The van der Waals surface area contributed by atoms with Gasteiger partial charge in [-0.1, -0.05) is 24.3 Å². The molecule has 2 aromatic heterocycles. The van der Waals surface area contributed by atoms with Crippen LogP contribution in [-0.4, -0.2) is 61.9 Å². The van der Waals surface area contributed by atoms with Crippen molar-refractivity contribution in [1.82, 2.24) is 30.3 Å². The monoisotopic (exact) mass is 431 g/mol. The Morgan fingerprint density at radius 3 is 2.47 bits per heavy atom. The summed E-state index contributed by atoms with van der Waals surface area (Å²) in [7, 11) is 0. The van der Waals surface area contributed by atoms with Crippen LogP contribution in [0.3, 0.4) is 0 Å². The van der Waals surface area contributed by atoms with E-state index in [0.717, 1.165) is 31.6 Å². The molecule has 0 radical (unpaired) electrons. The minimum absolute atomic E-state index is 0.0132. The molecule has 3 aromatic rings. The number of aromatic nitrogens is 5. The number of rotatable bonds is 7. The van der Waals surface area contributed by atoms with Crippen molar-refractivity contribution >= 4 is 11.9 Å². The number of H-pyrrole nitrogens is 1. The topological polar surface area (TPSA) is 109 Å². The van der Waals surface area contributed by atoms with Gasteiger partial charge in [0.1, 0.15) is 5.69 Å². The fraction of sp³-hybridized carbons (Fsp3) is 0.435. The van der Waals surface area contributed by atoms with Gasteiger partial charge in [-0.15, -0.1) is 0 Å². The first-order valence-corrected chi connectivity index (χ1v) is 11.1. The van der Waals surface area contributed by atoms with E-state index in [1.165, 1.54) is 11.1 Å². The molecule has 1 aromatic carbocycles. The molecule has 1 amide bonds. The van der Waals surface area contributed by atoms with E-state index in [4.69, 9.17) is 4.74 Å². The summed E-state index contributed by atoms with van der Waals surface area (Å²) < 4.78 is 5.75. The summed E-state index contributed by atoms with van der Waals surface area (Å²) in [5.74, 6) is 2.18. The van der Waals surface area contributed by atoms with Gasteiger partial charge >= 0.3 is 0 Å². The van der Waals surface area contributed by atoms with Gasteiger partial charge in [-0.05, 0) is 41.7 Å². The minimum atomic E-state index is 0.0132. The van der Waals surface area contributed by atoms with Crippen LogP contribution in [-0.2, 0) is 24.2 Å². The largest absolute Gasteiger partial charge is 0.375 e. The van der Waals surface area contributed by atoms with Crippen LogP contribution < -0.4 is 5.32 Å². The number of nitrogens with one attached hydrogen (secondary N) is 2. The van der Waals surface area contributed by atoms with Gasteiger partial charge in [0, 0.05) is 31.5 Å². The summed E-state index contributed by atoms with van der Waals surface area (Å²) in [4.78, 5) is 23.6. The normalized spacial score (nSPS) is 23.8. The van der Waals surface area contributed by atoms with Crippen molar-refractivity contribution in [3.63, 3.8) is 0 Å². The van der Waals surface area contributed by atoms with Crippen LogP contribution >= 0.6 is 0 Å². The Hall–Kier alpha value is -3.33. The first-order valence-electron chi connectivity index (χ1n) is 11.1. The Balaban J connectivity index is 0.977. The second-order valence-corrected chi connectivity index (χ2v) is 8.99. The van der Waals surface area contributed by atoms with Crippen LogP contribution in [0.2, 0.25) is 0 Å². The summed E-state index contributed by atoms with van der Waals surface area (Å²) in [6.45, 7) is 2.74. The summed E-state index contributed by atoms with van der Waals surface area (Å²) in [5.41, 5.74) is 4.12. The van der Waals surface area contributed by atoms with Crippen LogP contribution in [0.4, 0.5) is 5.95 Å². The number of aromatic amines is 1. The van der Waals surface area contributed by atoms with Crippen LogP contribution in [0.25, 0.3) is 0 Å². The third-order valence-electron chi connectivity index (χ3n) is 6.97. The highest BCUT2D eigenvalue weighted by Gasteiger charge is 2.56. The lowest BCUT2D eigenvalue weighted by Gasteiger charge is -2.20. The van der Waals surface area contributed by atoms with E-state index in [-0.39, 0.29) is 5.91 Å². The number of anilines is 1. The first-order chi connectivity index (χ1) is 15.7. The third-order valence-corrected chi connectivity index (χ3v) is 6.97. The molecule has 3 aliphatic rings.